The molecule has 482 valence electrons. The number of hydrogen-bond acceptors (Lipinski definition) is 15. The first-order valence-corrected chi connectivity index (χ1v) is 30.3. The first-order valence-electron chi connectivity index (χ1n) is 30.3. The molecule has 0 aliphatic carbocycles. The number of likely N-dealkylation sites (tertiary alicyclic amines) is 2. The number of esters is 1. The predicted molar refractivity (Wildman–Crippen MR) is 332 cm³/mol. The zero-order chi connectivity index (χ0) is 65.3. The van der Waals surface area contributed by atoms with Crippen molar-refractivity contribution >= 4 is 76.8 Å². The van der Waals surface area contributed by atoms with E-state index in [-0.39, 0.29) is 104 Å². The van der Waals surface area contributed by atoms with Crippen molar-refractivity contribution < 1.29 is 62.1 Å². The average molecular weight is 1230 g/mol. The minimum absolute atomic E-state index is 0.0702. The third kappa shape index (κ3) is 16.8. The van der Waals surface area contributed by atoms with Crippen molar-refractivity contribution in [3.63, 3.8) is 0 Å². The topological polar surface area (TPSA) is 386 Å². The highest BCUT2D eigenvalue weighted by Gasteiger charge is 2.54. The summed E-state index contributed by atoms with van der Waals surface area (Å²) in [5, 5.41) is 14.1. The summed E-state index contributed by atoms with van der Waals surface area (Å²) < 4.78 is 23.9. The maximum absolute atomic E-state index is 14.6. The number of Topliss-reactive ketones (excluding diaryl/α,β-unsaturated/α-hetero) is 1. The van der Waals surface area contributed by atoms with E-state index in [1.165, 1.54) is 9.80 Å². The molecule has 3 aromatic carbocycles. The van der Waals surface area contributed by atoms with E-state index in [2.05, 4.69) is 36.6 Å². The van der Waals surface area contributed by atoms with Gasteiger partial charge in [0.05, 0.1) is 11.6 Å². The number of rotatable bonds is 23. The molecule has 7 amide bonds. The average Bonchev–Trinajstić information content (AvgIpc) is 1.65. The van der Waals surface area contributed by atoms with Crippen LogP contribution in [-0.4, -0.2) is 143 Å². The lowest BCUT2D eigenvalue weighted by Gasteiger charge is -2.37. The van der Waals surface area contributed by atoms with Crippen molar-refractivity contribution in [3.05, 3.63) is 82.9 Å². The molecule has 26 nitrogen and oxygen atoms in total. The summed E-state index contributed by atoms with van der Waals surface area (Å²) in [5.74, 6) is -5.21. The molecule has 0 aromatic heterocycles. The first-order chi connectivity index (χ1) is 41.9. The largest absolute Gasteiger partial charge is 0.456 e. The number of benzene rings is 3. The lowest BCUT2D eigenvalue weighted by Crippen LogP contribution is -2.57. The van der Waals surface area contributed by atoms with Crippen molar-refractivity contribution in [2.75, 3.05) is 36.8 Å². The number of alkyl carbamates (subject to hydrolysis) is 2. The minimum atomic E-state index is -1.58. The highest BCUT2D eigenvalue weighted by molar-refractivity contribution is 6.01. The summed E-state index contributed by atoms with van der Waals surface area (Å²) in [6.07, 6.45) is 0.703. The van der Waals surface area contributed by atoms with E-state index in [0.717, 1.165) is 0 Å². The fourth-order valence-electron chi connectivity index (χ4n) is 11.5. The second-order valence-corrected chi connectivity index (χ2v) is 25.6. The zero-order valence-corrected chi connectivity index (χ0v) is 52.5. The van der Waals surface area contributed by atoms with E-state index in [4.69, 9.17) is 41.9 Å². The van der Waals surface area contributed by atoms with Gasteiger partial charge in [0, 0.05) is 78.7 Å². The summed E-state index contributed by atoms with van der Waals surface area (Å²) in [4.78, 5) is 137. The van der Waals surface area contributed by atoms with Gasteiger partial charge in [0.25, 0.3) is 0 Å². The molecule has 2 saturated heterocycles. The van der Waals surface area contributed by atoms with E-state index < -0.39 is 101 Å². The number of anilines is 2. The SMILES string of the molecule is CC(C)[C@H](NC(=O)OC(C)(C)C)C(=O)N1CCC[C@H]1C(=O)C[C@@H](CCCN=C(N)N)C(=O)Nc1ccc2c(c1)Oc1cc(NC(=O)[C@H](CCCN=C(N)N)NC(=O)[C@@H]3CCCN3C(=O)[C@@H](NC(=O)OC(C)(C)C)C(C)C)ccc1C21OC(=O)c2ccccc21. The van der Waals surface area contributed by atoms with Crippen molar-refractivity contribution in [2.45, 2.75) is 174 Å². The number of nitrogens with one attached hydrogen (secondary N) is 5. The molecule has 4 aliphatic heterocycles. The molecule has 13 N–H and O–H groups in total. The number of aliphatic imine (C=N–C) groups is 2. The van der Waals surface area contributed by atoms with Crippen LogP contribution in [-0.2, 0) is 48.6 Å². The molecule has 0 bridgehead atoms. The molecule has 7 atom stereocenters. The third-order valence-corrected chi connectivity index (χ3v) is 15.6. The van der Waals surface area contributed by atoms with Gasteiger partial charge in [-0.2, -0.15) is 0 Å². The van der Waals surface area contributed by atoms with Crippen LogP contribution in [0.15, 0.2) is 70.6 Å². The van der Waals surface area contributed by atoms with Crippen LogP contribution in [0.4, 0.5) is 21.0 Å². The summed E-state index contributed by atoms with van der Waals surface area (Å²) in [6, 6.07) is 11.6. The van der Waals surface area contributed by atoms with Crippen molar-refractivity contribution in [1.29, 1.82) is 0 Å². The van der Waals surface area contributed by atoms with E-state index in [1.54, 1.807) is 130 Å². The second-order valence-electron chi connectivity index (χ2n) is 25.6. The van der Waals surface area contributed by atoms with Gasteiger partial charge in [-0.05, 0) is 135 Å². The number of ketones is 1. The fourth-order valence-corrected chi connectivity index (χ4v) is 11.5. The molecule has 1 spiro atoms. The Labute approximate surface area is 518 Å². The van der Waals surface area contributed by atoms with Crippen molar-refractivity contribution in [3.8, 4) is 11.5 Å². The van der Waals surface area contributed by atoms with E-state index in [0.29, 0.717) is 54.4 Å². The molecule has 1 unspecified atom stereocenters. The van der Waals surface area contributed by atoms with E-state index in [1.807, 2.05) is 0 Å². The Morgan fingerprint density at radius 3 is 1.63 bits per heavy atom. The molecule has 7 rings (SSSR count). The number of carbonyl (C=O) groups excluding carboxylic acids is 9. The highest BCUT2D eigenvalue weighted by Crippen LogP contribution is 2.57. The Hall–Kier alpha value is -8.97. The standard InChI is InChI=1S/C63H87N13O13/c1-34(2)49(73-59(84)88-61(5,6)7)54(81)75-29-15-21-44(75)46(77)31-36(17-13-27-68-57(64)65)51(78)70-37-23-25-41-47(32-37)86-48-33-38(24-26-42(48)63(41)40-19-12-11-18-39(40)56(83)87-63)71-52(79)43(20-14-28-69-58(66)67)72-53(80)45-22-16-30-76(45)55(82)50(35(3)4)74-60(85)89-62(8,9)10/h11-12,18-19,23-26,32-36,43-45,49-50H,13-17,20-22,27-31H2,1-10H3,(H,70,78)(H,71,79)(H,72,80)(H,73,84)(H,74,85)(H4,64,65,68)(H4,66,67,69)/t36-,43+,44+,45+,49+,50+,63?/m1/s1. The Kier molecular flexibility index (Phi) is 21.6. The Morgan fingerprint density at radius 2 is 1.12 bits per heavy atom. The van der Waals surface area contributed by atoms with Crippen LogP contribution >= 0.6 is 0 Å². The molecule has 26 heteroatoms. The maximum atomic E-state index is 14.6. The van der Waals surface area contributed by atoms with Gasteiger partial charge in [-0.15, -0.1) is 0 Å². The quantitative estimate of drug-likeness (QED) is 0.0189. The van der Waals surface area contributed by atoms with Crippen LogP contribution in [0.1, 0.15) is 154 Å². The molecule has 4 aliphatic rings. The van der Waals surface area contributed by atoms with Gasteiger partial charge in [0.2, 0.25) is 29.5 Å². The number of fused-ring (bicyclic) bond motifs is 6. The van der Waals surface area contributed by atoms with Crippen molar-refractivity contribution in [2.24, 2.45) is 50.7 Å². The van der Waals surface area contributed by atoms with Gasteiger partial charge in [-0.1, -0.05) is 45.9 Å². The molecule has 4 heterocycles. The molecule has 89 heavy (non-hydrogen) atoms. The first kappa shape index (κ1) is 67.5. The number of nitrogens with two attached hydrogens (primary N) is 4. The van der Waals surface area contributed by atoms with Gasteiger partial charge in [0.1, 0.15) is 46.9 Å². The normalized spacial score (nSPS) is 18.8. The van der Waals surface area contributed by atoms with Gasteiger partial charge >= 0.3 is 18.2 Å². The number of ether oxygens (including phenoxy) is 4. The number of amides is 7. The fraction of sp³-hybridized carbons (Fsp3) is 0.540. The predicted octanol–water partition coefficient (Wildman–Crippen LogP) is 5.38. The Morgan fingerprint density at radius 1 is 0.640 bits per heavy atom. The molecule has 3 aromatic rings. The van der Waals surface area contributed by atoms with Crippen LogP contribution in [0.2, 0.25) is 0 Å². The van der Waals surface area contributed by atoms with Crippen molar-refractivity contribution in [1.82, 2.24) is 25.8 Å². The number of carbonyl (C=O) groups is 9. The Balaban J connectivity index is 1.14. The zero-order valence-electron chi connectivity index (χ0n) is 52.5. The maximum Gasteiger partial charge on any atom is 0.408 e. The van der Waals surface area contributed by atoms with Gasteiger partial charge in [-0.25, -0.2) is 14.4 Å². The summed E-state index contributed by atoms with van der Waals surface area (Å²) >= 11 is 0. The smallest absolute Gasteiger partial charge is 0.408 e. The van der Waals surface area contributed by atoms with Crippen LogP contribution in [0.5, 0.6) is 11.5 Å². The van der Waals surface area contributed by atoms with Crippen LogP contribution in [0.3, 0.4) is 0 Å². The van der Waals surface area contributed by atoms with Gasteiger partial charge in [0.15, 0.2) is 23.3 Å². The monoisotopic (exact) mass is 1230 g/mol. The lowest BCUT2D eigenvalue weighted by atomic mass is 9.77. The molecule has 2 fully saturated rings. The highest BCUT2D eigenvalue weighted by atomic mass is 16.6. The number of guanidine groups is 2. The second kappa shape index (κ2) is 28.5. The summed E-state index contributed by atoms with van der Waals surface area (Å²) in [7, 11) is 0. The third-order valence-electron chi connectivity index (χ3n) is 15.6. The van der Waals surface area contributed by atoms with Crippen LogP contribution in [0, 0.1) is 17.8 Å². The van der Waals surface area contributed by atoms with Crippen LogP contribution in [0.25, 0.3) is 0 Å². The Bertz CT molecular complexity index is 3060. The summed E-state index contributed by atoms with van der Waals surface area (Å²) in [6.45, 7) is 18.2. The minimum Gasteiger partial charge on any atom is -0.456 e. The van der Waals surface area contributed by atoms with E-state index in [9.17, 15) is 43.2 Å². The van der Waals surface area contributed by atoms with Crippen LogP contribution < -0.4 is 54.3 Å². The van der Waals surface area contributed by atoms with E-state index >= 15 is 0 Å². The number of nitrogens with zero attached hydrogens (tertiary/aromatic N) is 4. The van der Waals surface area contributed by atoms with Gasteiger partial charge < -0.3 is 78.3 Å². The number of hydrogen-bond donors (Lipinski definition) is 9. The van der Waals surface area contributed by atoms with Gasteiger partial charge in [-0.3, -0.25) is 38.8 Å². The lowest BCUT2D eigenvalue weighted by molar-refractivity contribution is -0.141. The molecular formula is C63H87N13O13. The summed E-state index contributed by atoms with van der Waals surface area (Å²) in [5.41, 5.74) is 21.3. The molecule has 0 radical (unpaired) electrons. The molecule has 0 saturated carbocycles. The molecular weight excluding hydrogens is 1150 g/mol.